The van der Waals surface area contributed by atoms with Gasteiger partial charge < -0.3 is 14.2 Å². The zero-order chi connectivity index (χ0) is 27.4. The minimum Gasteiger partial charge on any atom is -0.466 e. The van der Waals surface area contributed by atoms with Gasteiger partial charge in [-0.05, 0) is 53.4 Å². The standard InChI is InChI=1S/C18H36O2.C12H22O4/c1-3-5-7-9-10-11-12-13-14-16-18(19)20-17-15-8-6-4-2;1-9(2)15-11(13)7-5-6-8-12(14)16-10(3)4/h3-17H2,1-2H3;9-10H,5-8H2,1-4H3. The molecular formula is C30H58O6. The third kappa shape index (κ3) is 32.4. The normalized spacial score (nSPS) is 10.7. The minimum absolute atomic E-state index is 0.00412. The molecule has 0 aliphatic carbocycles. The molecule has 0 aromatic carbocycles. The molecule has 0 amide bonds. The second-order valence-corrected chi connectivity index (χ2v) is 10.1. The van der Waals surface area contributed by atoms with E-state index in [0.29, 0.717) is 38.7 Å². The van der Waals surface area contributed by atoms with Crippen LogP contribution in [0.25, 0.3) is 0 Å². The van der Waals surface area contributed by atoms with Crippen molar-refractivity contribution in [3.63, 3.8) is 0 Å². The summed E-state index contributed by atoms with van der Waals surface area (Å²) in [7, 11) is 0. The van der Waals surface area contributed by atoms with Crippen molar-refractivity contribution in [1.29, 1.82) is 0 Å². The van der Waals surface area contributed by atoms with E-state index in [2.05, 4.69) is 13.8 Å². The van der Waals surface area contributed by atoms with Crippen LogP contribution in [0.5, 0.6) is 0 Å². The molecule has 0 saturated carbocycles. The van der Waals surface area contributed by atoms with E-state index in [1.165, 1.54) is 70.6 Å². The van der Waals surface area contributed by atoms with Crippen LogP contribution in [0.3, 0.4) is 0 Å². The lowest BCUT2D eigenvalue weighted by Gasteiger charge is -2.08. The largest absolute Gasteiger partial charge is 0.466 e. The summed E-state index contributed by atoms with van der Waals surface area (Å²) in [5.41, 5.74) is 0. The first-order chi connectivity index (χ1) is 17.2. The zero-order valence-corrected chi connectivity index (χ0v) is 24.5. The summed E-state index contributed by atoms with van der Waals surface area (Å²) in [6.07, 6.45) is 18.8. The smallest absolute Gasteiger partial charge is 0.306 e. The summed E-state index contributed by atoms with van der Waals surface area (Å²) in [5, 5.41) is 0. The topological polar surface area (TPSA) is 78.9 Å². The molecule has 0 aromatic heterocycles. The maximum Gasteiger partial charge on any atom is 0.306 e. The molecular weight excluding hydrogens is 456 g/mol. The molecule has 0 atom stereocenters. The molecule has 0 aliphatic heterocycles. The molecule has 0 unspecified atom stereocenters. The molecule has 0 rings (SSSR count). The summed E-state index contributed by atoms with van der Waals surface area (Å²) >= 11 is 0. The van der Waals surface area contributed by atoms with Crippen LogP contribution in [0.4, 0.5) is 0 Å². The van der Waals surface area contributed by atoms with Gasteiger partial charge in [0.05, 0.1) is 18.8 Å². The molecule has 0 radical (unpaired) electrons. The fraction of sp³-hybridized carbons (Fsp3) is 0.900. The highest BCUT2D eigenvalue weighted by atomic mass is 16.5. The number of carbonyl (C=O) groups excluding carboxylic acids is 3. The Bertz CT molecular complexity index is 492. The van der Waals surface area contributed by atoms with E-state index in [0.717, 1.165) is 12.8 Å². The maximum atomic E-state index is 11.5. The number of hydrogen-bond donors (Lipinski definition) is 0. The van der Waals surface area contributed by atoms with E-state index in [1.807, 2.05) is 27.7 Å². The van der Waals surface area contributed by atoms with Crippen molar-refractivity contribution in [2.45, 2.75) is 169 Å². The van der Waals surface area contributed by atoms with E-state index >= 15 is 0 Å². The maximum absolute atomic E-state index is 11.5. The van der Waals surface area contributed by atoms with Crippen LogP contribution in [0.1, 0.15) is 157 Å². The Labute approximate surface area is 222 Å². The summed E-state index contributed by atoms with van der Waals surface area (Å²) in [6.45, 7) is 12.3. The quantitative estimate of drug-likeness (QED) is 0.0818. The molecule has 0 N–H and O–H groups in total. The summed E-state index contributed by atoms with van der Waals surface area (Å²) in [5.74, 6) is -0.399. The van der Waals surface area contributed by atoms with Gasteiger partial charge >= 0.3 is 17.9 Å². The second kappa shape index (κ2) is 28.0. The van der Waals surface area contributed by atoms with Crippen molar-refractivity contribution in [2.24, 2.45) is 0 Å². The van der Waals surface area contributed by atoms with Crippen molar-refractivity contribution in [3.05, 3.63) is 0 Å². The van der Waals surface area contributed by atoms with Crippen LogP contribution >= 0.6 is 0 Å². The highest BCUT2D eigenvalue weighted by Gasteiger charge is 2.08. The van der Waals surface area contributed by atoms with Crippen LogP contribution in [-0.2, 0) is 28.6 Å². The molecule has 6 nitrogen and oxygen atoms in total. The fourth-order valence-electron chi connectivity index (χ4n) is 3.55. The van der Waals surface area contributed by atoms with Crippen LogP contribution < -0.4 is 0 Å². The van der Waals surface area contributed by atoms with Gasteiger partial charge in [-0.15, -0.1) is 0 Å². The lowest BCUT2D eigenvalue weighted by molar-refractivity contribution is -0.149. The van der Waals surface area contributed by atoms with Crippen molar-refractivity contribution < 1.29 is 28.6 Å². The van der Waals surface area contributed by atoms with Crippen molar-refractivity contribution in [1.82, 2.24) is 0 Å². The third-order valence-electron chi connectivity index (χ3n) is 5.49. The lowest BCUT2D eigenvalue weighted by Crippen LogP contribution is -2.12. The van der Waals surface area contributed by atoms with Crippen molar-refractivity contribution in [3.8, 4) is 0 Å². The van der Waals surface area contributed by atoms with E-state index < -0.39 is 0 Å². The van der Waals surface area contributed by atoms with Crippen LogP contribution in [0, 0.1) is 0 Å². The SMILES string of the molecule is CC(C)OC(=O)CCCCC(=O)OC(C)C.CCCCCCCCCCCC(=O)OCCCCCC. The third-order valence-corrected chi connectivity index (χ3v) is 5.49. The number of carbonyl (C=O) groups is 3. The molecule has 0 saturated heterocycles. The molecule has 0 aliphatic rings. The van der Waals surface area contributed by atoms with Gasteiger partial charge in [0.25, 0.3) is 0 Å². The first kappa shape index (κ1) is 36.6. The highest BCUT2D eigenvalue weighted by molar-refractivity contribution is 5.70. The Kier molecular flexibility index (Phi) is 28.4. The zero-order valence-electron chi connectivity index (χ0n) is 24.5. The first-order valence-electron chi connectivity index (χ1n) is 14.8. The Morgan fingerprint density at radius 2 is 0.806 bits per heavy atom. The van der Waals surface area contributed by atoms with Gasteiger partial charge in [-0.3, -0.25) is 14.4 Å². The second-order valence-electron chi connectivity index (χ2n) is 10.1. The monoisotopic (exact) mass is 514 g/mol. The molecule has 0 fully saturated rings. The van der Waals surface area contributed by atoms with Gasteiger partial charge in [-0.1, -0.05) is 84.5 Å². The number of rotatable bonds is 22. The number of esters is 3. The first-order valence-corrected chi connectivity index (χ1v) is 14.8. The van der Waals surface area contributed by atoms with E-state index in [-0.39, 0.29) is 30.1 Å². The number of unbranched alkanes of at least 4 members (excludes halogenated alkanes) is 12. The molecule has 0 heterocycles. The Morgan fingerprint density at radius 3 is 1.22 bits per heavy atom. The van der Waals surface area contributed by atoms with Gasteiger partial charge in [0, 0.05) is 19.3 Å². The van der Waals surface area contributed by atoms with Crippen molar-refractivity contribution in [2.75, 3.05) is 6.61 Å². The Morgan fingerprint density at radius 1 is 0.472 bits per heavy atom. The fourth-order valence-corrected chi connectivity index (χ4v) is 3.55. The van der Waals surface area contributed by atoms with Gasteiger partial charge in [-0.25, -0.2) is 0 Å². The minimum atomic E-state index is -0.202. The van der Waals surface area contributed by atoms with E-state index in [4.69, 9.17) is 14.2 Å². The summed E-state index contributed by atoms with van der Waals surface area (Å²) in [4.78, 5) is 33.7. The van der Waals surface area contributed by atoms with Gasteiger partial charge in [0.2, 0.25) is 0 Å². The lowest BCUT2D eigenvalue weighted by atomic mass is 10.1. The Balaban J connectivity index is 0. The van der Waals surface area contributed by atoms with Crippen LogP contribution in [-0.4, -0.2) is 36.7 Å². The molecule has 36 heavy (non-hydrogen) atoms. The molecule has 0 bridgehead atoms. The van der Waals surface area contributed by atoms with Gasteiger partial charge in [0.15, 0.2) is 0 Å². The average molecular weight is 515 g/mol. The predicted molar refractivity (Wildman–Crippen MR) is 148 cm³/mol. The van der Waals surface area contributed by atoms with Crippen LogP contribution in [0.15, 0.2) is 0 Å². The van der Waals surface area contributed by atoms with Crippen LogP contribution in [0.2, 0.25) is 0 Å². The highest BCUT2D eigenvalue weighted by Crippen LogP contribution is 2.11. The Hall–Kier alpha value is -1.59. The number of hydrogen-bond acceptors (Lipinski definition) is 6. The van der Waals surface area contributed by atoms with E-state index in [9.17, 15) is 14.4 Å². The number of ether oxygens (including phenoxy) is 3. The molecule has 0 aromatic rings. The molecule has 6 heteroatoms. The van der Waals surface area contributed by atoms with Crippen molar-refractivity contribution >= 4 is 17.9 Å². The van der Waals surface area contributed by atoms with Gasteiger partial charge in [0.1, 0.15) is 0 Å². The van der Waals surface area contributed by atoms with E-state index in [1.54, 1.807) is 0 Å². The summed E-state index contributed by atoms with van der Waals surface area (Å²) in [6, 6.07) is 0. The summed E-state index contributed by atoms with van der Waals surface area (Å²) < 4.78 is 15.2. The predicted octanol–water partition coefficient (Wildman–Crippen LogP) is 8.48. The average Bonchev–Trinajstić information content (AvgIpc) is 2.80. The van der Waals surface area contributed by atoms with Gasteiger partial charge in [-0.2, -0.15) is 0 Å². The molecule has 0 spiro atoms. The molecule has 214 valence electrons.